The van der Waals surface area contributed by atoms with Gasteiger partial charge in [-0.05, 0) is 19.9 Å². The van der Waals surface area contributed by atoms with Gasteiger partial charge in [-0.1, -0.05) is 30.4 Å². The first-order valence-corrected chi connectivity index (χ1v) is 6.90. The molecule has 5 nitrogen and oxygen atoms in total. The van der Waals surface area contributed by atoms with Gasteiger partial charge in [-0.25, -0.2) is 4.68 Å². The van der Waals surface area contributed by atoms with E-state index in [-0.39, 0.29) is 18.0 Å². The van der Waals surface area contributed by atoms with Gasteiger partial charge in [0, 0.05) is 18.5 Å². The molecule has 2 aromatic rings. The summed E-state index contributed by atoms with van der Waals surface area (Å²) in [5.74, 6) is -0.134. The number of hydrogen-bond donors (Lipinski definition) is 0. The summed E-state index contributed by atoms with van der Waals surface area (Å²) in [7, 11) is 0. The minimum absolute atomic E-state index is 0.0508. The molecular formula is C16H19N3O2. The minimum atomic E-state index is -0.243. The molecule has 0 atom stereocenters. The lowest BCUT2D eigenvalue weighted by Crippen LogP contribution is -2.38. The van der Waals surface area contributed by atoms with Crippen LogP contribution >= 0.6 is 0 Å². The number of amides is 1. The zero-order chi connectivity index (χ0) is 15.4. The van der Waals surface area contributed by atoms with Crippen molar-refractivity contribution in [2.45, 2.75) is 20.4 Å². The van der Waals surface area contributed by atoms with Crippen LogP contribution in [0.15, 0.2) is 47.4 Å². The predicted molar refractivity (Wildman–Crippen MR) is 83.1 cm³/mol. The molecule has 0 unspecified atom stereocenters. The largest absolute Gasteiger partial charge is 0.337 e. The Morgan fingerprint density at radius 3 is 2.76 bits per heavy atom. The van der Waals surface area contributed by atoms with E-state index in [0.717, 1.165) is 11.0 Å². The summed E-state index contributed by atoms with van der Waals surface area (Å²) < 4.78 is 1.21. The number of fused-ring (bicyclic) bond motifs is 1. The highest BCUT2D eigenvalue weighted by molar-refractivity contribution is 5.81. The SMILES string of the molecule is C=C(C)CN(CC)C(=O)Cn1ncc2ccccc2c1=O. The van der Waals surface area contributed by atoms with Crippen molar-refractivity contribution in [2.75, 3.05) is 13.1 Å². The van der Waals surface area contributed by atoms with Crippen LogP contribution in [0.4, 0.5) is 0 Å². The summed E-state index contributed by atoms with van der Waals surface area (Å²) in [6.07, 6.45) is 1.61. The second-order valence-electron chi connectivity index (χ2n) is 5.06. The van der Waals surface area contributed by atoms with Crippen molar-refractivity contribution in [3.8, 4) is 0 Å². The number of carbonyl (C=O) groups is 1. The van der Waals surface area contributed by atoms with E-state index in [1.165, 1.54) is 4.68 Å². The lowest BCUT2D eigenvalue weighted by atomic mass is 10.2. The van der Waals surface area contributed by atoms with E-state index in [9.17, 15) is 9.59 Å². The molecule has 0 spiro atoms. The molecule has 0 radical (unpaired) electrons. The molecule has 110 valence electrons. The third kappa shape index (κ3) is 3.37. The fourth-order valence-electron chi connectivity index (χ4n) is 2.17. The number of hydrogen-bond acceptors (Lipinski definition) is 3. The first-order valence-electron chi connectivity index (χ1n) is 6.90. The second-order valence-corrected chi connectivity index (χ2v) is 5.06. The van der Waals surface area contributed by atoms with Gasteiger partial charge in [0.2, 0.25) is 5.91 Å². The smallest absolute Gasteiger partial charge is 0.275 e. The van der Waals surface area contributed by atoms with Gasteiger partial charge in [0.1, 0.15) is 6.54 Å². The standard InChI is InChI=1S/C16H19N3O2/c1-4-18(10-12(2)3)15(20)11-19-16(21)14-8-6-5-7-13(14)9-17-19/h5-9H,2,4,10-11H2,1,3H3. The molecule has 0 fully saturated rings. The van der Waals surface area contributed by atoms with Crippen LogP contribution in [0, 0.1) is 0 Å². The van der Waals surface area contributed by atoms with Crippen LogP contribution in [0.5, 0.6) is 0 Å². The normalized spacial score (nSPS) is 10.6. The number of rotatable bonds is 5. The summed E-state index contributed by atoms with van der Waals surface area (Å²) in [5, 5.41) is 5.43. The van der Waals surface area contributed by atoms with Crippen molar-refractivity contribution in [3.05, 3.63) is 53.0 Å². The van der Waals surface area contributed by atoms with Crippen molar-refractivity contribution in [2.24, 2.45) is 0 Å². The average Bonchev–Trinajstić information content (AvgIpc) is 2.47. The Morgan fingerprint density at radius 1 is 1.38 bits per heavy atom. The van der Waals surface area contributed by atoms with Gasteiger partial charge in [-0.3, -0.25) is 9.59 Å². The summed E-state index contributed by atoms with van der Waals surface area (Å²) in [5.41, 5.74) is 0.664. The third-order valence-corrected chi connectivity index (χ3v) is 3.24. The van der Waals surface area contributed by atoms with Crippen LogP contribution in [0.2, 0.25) is 0 Å². The van der Waals surface area contributed by atoms with Gasteiger partial charge in [0.25, 0.3) is 5.56 Å². The fraction of sp³-hybridized carbons (Fsp3) is 0.312. The highest BCUT2D eigenvalue weighted by Gasteiger charge is 2.14. The monoisotopic (exact) mass is 285 g/mol. The second kappa shape index (κ2) is 6.35. The molecule has 2 rings (SSSR count). The zero-order valence-electron chi connectivity index (χ0n) is 12.4. The molecule has 0 aliphatic rings. The zero-order valence-corrected chi connectivity index (χ0v) is 12.4. The topological polar surface area (TPSA) is 55.2 Å². The highest BCUT2D eigenvalue weighted by Crippen LogP contribution is 2.06. The first kappa shape index (κ1) is 15.0. The average molecular weight is 285 g/mol. The number of carbonyl (C=O) groups excluding carboxylic acids is 1. The molecule has 1 aromatic heterocycles. The Bertz CT molecular complexity index is 734. The van der Waals surface area contributed by atoms with Crippen molar-refractivity contribution in [1.29, 1.82) is 0 Å². The molecule has 0 aliphatic carbocycles. The Balaban J connectivity index is 2.27. The summed E-state index contributed by atoms with van der Waals surface area (Å²) in [6.45, 7) is 8.61. The number of aromatic nitrogens is 2. The molecule has 1 amide bonds. The molecule has 0 N–H and O–H groups in total. The van der Waals surface area contributed by atoms with Gasteiger partial charge in [-0.2, -0.15) is 5.10 Å². The van der Waals surface area contributed by atoms with Crippen LogP contribution in [0.3, 0.4) is 0 Å². The quantitative estimate of drug-likeness (QED) is 0.787. The Labute approximate surface area is 123 Å². The van der Waals surface area contributed by atoms with Gasteiger partial charge >= 0.3 is 0 Å². The van der Waals surface area contributed by atoms with E-state index in [2.05, 4.69) is 11.7 Å². The molecule has 0 aliphatic heterocycles. The van der Waals surface area contributed by atoms with Crippen LogP contribution in [0.1, 0.15) is 13.8 Å². The molecule has 21 heavy (non-hydrogen) atoms. The Morgan fingerprint density at radius 2 is 2.10 bits per heavy atom. The van der Waals surface area contributed by atoms with Crippen molar-refractivity contribution >= 4 is 16.7 Å². The number of nitrogens with zero attached hydrogens (tertiary/aromatic N) is 3. The van der Waals surface area contributed by atoms with Crippen LogP contribution < -0.4 is 5.56 Å². The fourth-order valence-corrected chi connectivity index (χ4v) is 2.17. The highest BCUT2D eigenvalue weighted by atomic mass is 16.2. The lowest BCUT2D eigenvalue weighted by Gasteiger charge is -2.21. The van der Waals surface area contributed by atoms with Crippen LogP contribution in [-0.2, 0) is 11.3 Å². The molecule has 0 saturated carbocycles. The molecule has 0 saturated heterocycles. The van der Waals surface area contributed by atoms with Crippen LogP contribution in [0.25, 0.3) is 10.8 Å². The Hall–Kier alpha value is -2.43. The van der Waals surface area contributed by atoms with Gasteiger partial charge in [-0.15, -0.1) is 0 Å². The first-order chi connectivity index (χ1) is 10.0. The van der Waals surface area contributed by atoms with E-state index in [4.69, 9.17) is 0 Å². The van der Waals surface area contributed by atoms with Gasteiger partial charge in [0.05, 0.1) is 11.6 Å². The van der Waals surface area contributed by atoms with E-state index >= 15 is 0 Å². The van der Waals surface area contributed by atoms with Gasteiger partial charge < -0.3 is 4.90 Å². The summed E-state index contributed by atoms with van der Waals surface area (Å²) in [4.78, 5) is 26.2. The number of benzene rings is 1. The summed E-state index contributed by atoms with van der Waals surface area (Å²) >= 11 is 0. The summed E-state index contributed by atoms with van der Waals surface area (Å²) in [6, 6.07) is 7.22. The van der Waals surface area contributed by atoms with E-state index in [1.54, 1.807) is 23.2 Å². The molecule has 5 heteroatoms. The van der Waals surface area contributed by atoms with Crippen LogP contribution in [-0.4, -0.2) is 33.7 Å². The maximum absolute atomic E-state index is 12.3. The van der Waals surface area contributed by atoms with Crippen molar-refractivity contribution < 1.29 is 4.79 Å². The Kier molecular flexibility index (Phi) is 4.52. The lowest BCUT2D eigenvalue weighted by molar-refractivity contribution is -0.131. The van der Waals surface area contributed by atoms with E-state index in [1.807, 2.05) is 26.0 Å². The van der Waals surface area contributed by atoms with E-state index in [0.29, 0.717) is 18.5 Å². The maximum Gasteiger partial charge on any atom is 0.275 e. The molecule has 1 aromatic carbocycles. The maximum atomic E-state index is 12.3. The molecule has 1 heterocycles. The molecule has 0 bridgehead atoms. The predicted octanol–water partition coefficient (Wildman–Crippen LogP) is 1.82. The third-order valence-electron chi connectivity index (χ3n) is 3.24. The van der Waals surface area contributed by atoms with Crippen molar-refractivity contribution in [1.82, 2.24) is 14.7 Å². The van der Waals surface area contributed by atoms with E-state index < -0.39 is 0 Å². The van der Waals surface area contributed by atoms with Crippen molar-refractivity contribution in [3.63, 3.8) is 0 Å². The number of likely N-dealkylation sites (N-methyl/N-ethyl adjacent to an activating group) is 1. The minimum Gasteiger partial charge on any atom is -0.337 e. The molecular weight excluding hydrogens is 266 g/mol. The van der Waals surface area contributed by atoms with Gasteiger partial charge in [0.15, 0.2) is 0 Å².